The molecule has 208 valence electrons. The first-order valence-corrected chi connectivity index (χ1v) is 14.0. The van der Waals surface area contributed by atoms with E-state index < -0.39 is 30.3 Å². The molecule has 7 nitrogen and oxygen atoms in total. The van der Waals surface area contributed by atoms with Crippen molar-refractivity contribution in [1.82, 2.24) is 0 Å². The van der Waals surface area contributed by atoms with Crippen molar-refractivity contribution in [3.63, 3.8) is 0 Å². The number of esters is 1. The van der Waals surface area contributed by atoms with Crippen LogP contribution in [0.1, 0.15) is 55.6 Å². The van der Waals surface area contributed by atoms with Gasteiger partial charge in [-0.15, -0.1) is 0 Å². The fraction of sp³-hybridized carbons (Fsp3) is 0.200. The van der Waals surface area contributed by atoms with Crippen LogP contribution in [0, 0.1) is 25.7 Å². The van der Waals surface area contributed by atoms with Crippen LogP contribution in [-0.4, -0.2) is 30.3 Å². The maximum Gasteiger partial charge on any atom is 0.338 e. The zero-order valence-electron chi connectivity index (χ0n) is 23.2. The summed E-state index contributed by atoms with van der Waals surface area (Å²) in [5.41, 5.74) is 7.42. The summed E-state index contributed by atoms with van der Waals surface area (Å²) in [6, 6.07) is 28.2. The molecular weight excluding hydrogens is 528 g/mol. The molecule has 0 aromatic heterocycles. The van der Waals surface area contributed by atoms with Crippen LogP contribution in [0.3, 0.4) is 0 Å². The molecule has 1 aliphatic heterocycles. The fourth-order valence-corrected chi connectivity index (χ4v) is 6.98. The van der Waals surface area contributed by atoms with E-state index in [0.29, 0.717) is 11.4 Å². The molecule has 7 heteroatoms. The number of hydrogen-bond acceptors (Lipinski definition) is 5. The normalized spacial score (nSPS) is 21.4. The monoisotopic (exact) mass is 556 g/mol. The van der Waals surface area contributed by atoms with E-state index in [1.54, 1.807) is 18.2 Å². The van der Waals surface area contributed by atoms with E-state index >= 15 is 0 Å². The minimum atomic E-state index is -0.718. The Balaban J connectivity index is 1.13. The van der Waals surface area contributed by atoms with Gasteiger partial charge >= 0.3 is 5.97 Å². The lowest BCUT2D eigenvalue weighted by molar-refractivity contribution is -0.122. The van der Waals surface area contributed by atoms with Crippen LogP contribution < -0.4 is 10.2 Å². The highest BCUT2D eigenvalue weighted by atomic mass is 16.5. The Labute approximate surface area is 243 Å². The molecule has 8 rings (SSSR count). The summed E-state index contributed by atoms with van der Waals surface area (Å²) in [6.45, 7) is 3.34. The second kappa shape index (κ2) is 9.80. The molecule has 4 aliphatic rings. The van der Waals surface area contributed by atoms with E-state index in [4.69, 9.17) is 4.74 Å². The van der Waals surface area contributed by atoms with Crippen molar-refractivity contribution >= 4 is 35.1 Å². The molecule has 1 saturated heterocycles. The van der Waals surface area contributed by atoms with Crippen molar-refractivity contribution in [1.29, 1.82) is 0 Å². The average Bonchev–Trinajstić information content (AvgIpc) is 3.27. The summed E-state index contributed by atoms with van der Waals surface area (Å²) in [5.74, 6) is -3.16. The number of nitrogens with zero attached hydrogens (tertiary/aromatic N) is 1. The maximum absolute atomic E-state index is 14.0. The Morgan fingerprint density at radius 2 is 1.31 bits per heavy atom. The average molecular weight is 557 g/mol. The zero-order valence-corrected chi connectivity index (χ0v) is 23.2. The van der Waals surface area contributed by atoms with Crippen LogP contribution in [0.2, 0.25) is 0 Å². The Morgan fingerprint density at radius 3 is 1.88 bits per heavy atom. The predicted molar refractivity (Wildman–Crippen MR) is 157 cm³/mol. The number of rotatable bonds is 5. The van der Waals surface area contributed by atoms with Crippen LogP contribution >= 0.6 is 0 Å². The van der Waals surface area contributed by atoms with Gasteiger partial charge in [0.25, 0.3) is 5.91 Å². The van der Waals surface area contributed by atoms with Gasteiger partial charge in [-0.2, -0.15) is 0 Å². The van der Waals surface area contributed by atoms with Crippen molar-refractivity contribution in [2.24, 2.45) is 11.8 Å². The van der Waals surface area contributed by atoms with Crippen LogP contribution in [0.25, 0.3) is 0 Å². The van der Waals surface area contributed by atoms with Gasteiger partial charge in [0.2, 0.25) is 11.8 Å². The first-order valence-electron chi connectivity index (χ1n) is 14.0. The molecule has 4 aromatic rings. The van der Waals surface area contributed by atoms with Gasteiger partial charge in [-0.05, 0) is 71.5 Å². The van der Waals surface area contributed by atoms with Crippen molar-refractivity contribution in [2.45, 2.75) is 25.7 Å². The van der Waals surface area contributed by atoms with E-state index in [9.17, 15) is 19.2 Å². The highest BCUT2D eigenvalue weighted by molar-refractivity contribution is 6.23. The molecule has 0 spiro atoms. The van der Waals surface area contributed by atoms with Gasteiger partial charge in [-0.3, -0.25) is 14.4 Å². The topological polar surface area (TPSA) is 92.8 Å². The minimum Gasteiger partial charge on any atom is -0.452 e. The Bertz CT molecular complexity index is 1700. The van der Waals surface area contributed by atoms with Gasteiger partial charge in [0.15, 0.2) is 6.61 Å². The maximum atomic E-state index is 14.0. The quantitative estimate of drug-likeness (QED) is 0.259. The summed E-state index contributed by atoms with van der Waals surface area (Å²) in [6.07, 6.45) is 0. The molecule has 2 bridgehead atoms. The van der Waals surface area contributed by atoms with Crippen LogP contribution in [0.5, 0.6) is 0 Å². The van der Waals surface area contributed by atoms with Gasteiger partial charge in [0.05, 0.1) is 23.1 Å². The lowest BCUT2D eigenvalue weighted by Gasteiger charge is -2.45. The number of aryl methyl sites for hydroxylation is 2. The molecule has 0 radical (unpaired) electrons. The van der Waals surface area contributed by atoms with Crippen LogP contribution in [0.4, 0.5) is 11.4 Å². The Morgan fingerprint density at radius 1 is 0.738 bits per heavy atom. The van der Waals surface area contributed by atoms with Crippen molar-refractivity contribution in [3.8, 4) is 0 Å². The van der Waals surface area contributed by atoms with Crippen molar-refractivity contribution < 1.29 is 23.9 Å². The minimum absolute atomic E-state index is 0.150. The number of nitrogens with one attached hydrogen (secondary N) is 1. The molecule has 3 amide bonds. The molecule has 1 N–H and O–H groups in total. The molecule has 0 unspecified atom stereocenters. The standard InChI is InChI=1S/C35H28N2O5/c1-19-14-15-20(2)27(16-19)36-28(38)18-42-35(41)21-8-7-9-22(17-21)37-33(39)31-29-23-10-3-4-11-24(23)30(32(31)34(37)40)26-13-6-5-12-25(26)29/h3-17,29-32H,18H2,1-2H3,(H,36,38)/t29?,30?,31-,32-/m0/s1. The van der Waals surface area contributed by atoms with Crippen molar-refractivity contribution in [3.05, 3.63) is 130 Å². The zero-order chi connectivity index (χ0) is 29.1. The smallest absolute Gasteiger partial charge is 0.338 e. The number of benzene rings is 4. The molecule has 2 atom stereocenters. The summed E-state index contributed by atoms with van der Waals surface area (Å²) in [5, 5.41) is 2.77. The number of carbonyl (C=O) groups excluding carboxylic acids is 4. The summed E-state index contributed by atoms with van der Waals surface area (Å²) < 4.78 is 5.29. The van der Waals surface area contributed by atoms with Crippen LogP contribution in [0.15, 0.2) is 91.0 Å². The molecule has 1 heterocycles. The lowest BCUT2D eigenvalue weighted by atomic mass is 9.55. The van der Waals surface area contributed by atoms with Gasteiger partial charge < -0.3 is 10.1 Å². The number of carbonyl (C=O) groups is 4. The third-order valence-corrected chi connectivity index (χ3v) is 8.79. The molecule has 1 fully saturated rings. The number of amides is 3. The van der Waals surface area contributed by atoms with Gasteiger partial charge in [-0.1, -0.05) is 66.7 Å². The highest BCUT2D eigenvalue weighted by Gasteiger charge is 2.61. The third kappa shape index (κ3) is 3.96. The van der Waals surface area contributed by atoms with Gasteiger partial charge in [0, 0.05) is 17.5 Å². The fourth-order valence-electron chi connectivity index (χ4n) is 6.98. The molecule has 3 aliphatic carbocycles. The van der Waals surface area contributed by atoms with E-state index in [0.717, 1.165) is 33.4 Å². The van der Waals surface area contributed by atoms with E-state index in [1.807, 2.05) is 56.3 Å². The second-order valence-corrected chi connectivity index (χ2v) is 11.3. The summed E-state index contributed by atoms with van der Waals surface area (Å²) >= 11 is 0. The van der Waals surface area contributed by atoms with Gasteiger partial charge in [-0.25, -0.2) is 9.69 Å². The lowest BCUT2D eigenvalue weighted by Crippen LogP contribution is -2.41. The summed E-state index contributed by atoms with van der Waals surface area (Å²) in [7, 11) is 0. The number of anilines is 2. The summed E-state index contributed by atoms with van der Waals surface area (Å²) in [4.78, 5) is 54.7. The predicted octanol–water partition coefficient (Wildman–Crippen LogP) is 5.50. The molecule has 42 heavy (non-hydrogen) atoms. The first-order chi connectivity index (χ1) is 20.3. The van der Waals surface area contributed by atoms with E-state index in [1.165, 1.54) is 11.0 Å². The second-order valence-electron chi connectivity index (χ2n) is 11.3. The number of ether oxygens (including phenoxy) is 1. The Kier molecular flexibility index (Phi) is 6.04. The third-order valence-electron chi connectivity index (χ3n) is 8.79. The number of imide groups is 1. The van der Waals surface area contributed by atoms with Crippen LogP contribution in [-0.2, 0) is 19.1 Å². The van der Waals surface area contributed by atoms with E-state index in [2.05, 4.69) is 29.6 Å². The molecule has 0 saturated carbocycles. The number of hydrogen-bond donors (Lipinski definition) is 1. The highest BCUT2D eigenvalue weighted by Crippen LogP contribution is 2.61. The van der Waals surface area contributed by atoms with E-state index in [-0.39, 0.29) is 29.2 Å². The molecule has 4 aromatic carbocycles. The largest absolute Gasteiger partial charge is 0.452 e. The van der Waals surface area contributed by atoms with Gasteiger partial charge in [0.1, 0.15) is 0 Å². The Hall–Kier alpha value is -5.04. The first kappa shape index (κ1) is 25.9. The van der Waals surface area contributed by atoms with Crippen molar-refractivity contribution in [2.75, 3.05) is 16.8 Å². The molecular formula is C35H28N2O5. The SMILES string of the molecule is Cc1ccc(C)c(NC(=O)COC(=O)c2cccc(N3C(=O)[C@H]4C5c6ccccc6C(c6ccccc65)[C@@H]4C3=O)c2)c1.